The SMILES string of the molecule is CC1=C(C(=O)N2CCCC2)C=CC(NC(=O)C2=NCNc3ccc(-c4cncc(NC(=O)N(C)C)c4)cc32)=CC1. The molecule has 2 aliphatic heterocycles. The molecule has 10 heteroatoms. The van der Waals surface area contributed by atoms with E-state index >= 15 is 0 Å². The number of amides is 4. The first-order chi connectivity index (χ1) is 19.3. The monoisotopic (exact) mass is 539 g/mol. The number of likely N-dealkylation sites (tertiary alicyclic amines) is 1. The molecule has 1 aromatic heterocycles. The van der Waals surface area contributed by atoms with Crippen LogP contribution in [0.3, 0.4) is 0 Å². The summed E-state index contributed by atoms with van der Waals surface area (Å²) < 4.78 is 0. The Hall–Kier alpha value is -4.73. The van der Waals surface area contributed by atoms with E-state index in [4.69, 9.17) is 0 Å². The molecule has 206 valence electrons. The Balaban J connectivity index is 1.33. The van der Waals surface area contributed by atoms with Gasteiger partial charge in [-0.1, -0.05) is 17.7 Å². The van der Waals surface area contributed by atoms with Gasteiger partial charge in [-0.3, -0.25) is 19.6 Å². The second-order valence-corrected chi connectivity index (χ2v) is 10.2. The summed E-state index contributed by atoms with van der Waals surface area (Å²) in [5.41, 5.74) is 6.26. The largest absolute Gasteiger partial charge is 0.366 e. The predicted molar refractivity (Wildman–Crippen MR) is 156 cm³/mol. The van der Waals surface area contributed by atoms with E-state index in [2.05, 4.69) is 25.9 Å². The van der Waals surface area contributed by atoms with Crippen LogP contribution in [0.15, 0.2) is 76.7 Å². The summed E-state index contributed by atoms with van der Waals surface area (Å²) in [5.74, 6) is -0.274. The molecule has 0 radical (unpaired) electrons. The van der Waals surface area contributed by atoms with Crippen molar-refractivity contribution < 1.29 is 14.4 Å². The molecule has 0 atom stereocenters. The summed E-state index contributed by atoms with van der Waals surface area (Å²) in [5, 5.41) is 9.00. The molecular formula is C30H33N7O3. The number of urea groups is 1. The van der Waals surface area contributed by atoms with Gasteiger partial charge < -0.3 is 25.8 Å². The fourth-order valence-electron chi connectivity index (χ4n) is 4.84. The van der Waals surface area contributed by atoms with Crippen molar-refractivity contribution in [1.82, 2.24) is 20.1 Å². The van der Waals surface area contributed by atoms with Gasteiger partial charge in [-0.25, -0.2) is 4.79 Å². The zero-order valence-corrected chi connectivity index (χ0v) is 23.0. The number of hydrogen-bond acceptors (Lipinski definition) is 6. The molecule has 0 unspecified atom stereocenters. The molecule has 3 heterocycles. The lowest BCUT2D eigenvalue weighted by Gasteiger charge is -2.19. The Morgan fingerprint density at radius 1 is 1.00 bits per heavy atom. The molecule has 2 aromatic rings. The van der Waals surface area contributed by atoms with E-state index in [0.29, 0.717) is 34.7 Å². The molecule has 3 aliphatic rings. The van der Waals surface area contributed by atoms with Gasteiger partial charge in [-0.15, -0.1) is 0 Å². The lowest BCUT2D eigenvalue weighted by molar-refractivity contribution is -0.125. The molecule has 0 saturated carbocycles. The van der Waals surface area contributed by atoms with E-state index < -0.39 is 0 Å². The van der Waals surface area contributed by atoms with Gasteiger partial charge in [0.05, 0.1) is 11.9 Å². The number of nitrogens with zero attached hydrogens (tertiary/aromatic N) is 4. The van der Waals surface area contributed by atoms with Gasteiger partial charge in [-0.05, 0) is 62.1 Å². The summed E-state index contributed by atoms with van der Waals surface area (Å²) in [6, 6.07) is 7.32. The fourth-order valence-corrected chi connectivity index (χ4v) is 4.84. The molecule has 5 rings (SSSR count). The first-order valence-electron chi connectivity index (χ1n) is 13.4. The van der Waals surface area contributed by atoms with Crippen molar-refractivity contribution in [2.24, 2.45) is 4.99 Å². The second kappa shape index (κ2) is 11.6. The van der Waals surface area contributed by atoms with Gasteiger partial charge >= 0.3 is 6.03 Å². The number of rotatable bonds is 5. The van der Waals surface area contributed by atoms with Crippen LogP contribution < -0.4 is 16.0 Å². The summed E-state index contributed by atoms with van der Waals surface area (Å²) in [7, 11) is 3.33. The number of aromatic nitrogens is 1. The number of allylic oxidation sites excluding steroid dienone is 3. The van der Waals surface area contributed by atoms with Crippen molar-refractivity contribution in [2.75, 3.05) is 44.5 Å². The molecule has 1 aromatic carbocycles. The Morgan fingerprint density at radius 3 is 2.58 bits per heavy atom. The number of fused-ring (bicyclic) bond motifs is 1. The standard InChI is InChI=1S/C30H33N7O3/c1-19-6-8-22(9-10-24(19)29(39)37-12-4-5-13-37)34-28(38)27-25-15-20(7-11-26(25)32-18-33-27)21-14-23(17-31-16-21)35-30(40)36(2)3/h7-11,14-17,32H,4-6,12-13,18H2,1-3H3,(H,34,38)(H,35,40). The maximum atomic E-state index is 13.4. The van der Waals surface area contributed by atoms with Gasteiger partial charge in [0.25, 0.3) is 11.8 Å². The lowest BCUT2D eigenvalue weighted by atomic mass is 9.98. The van der Waals surface area contributed by atoms with Crippen LogP contribution in [-0.4, -0.2) is 72.2 Å². The van der Waals surface area contributed by atoms with Crippen molar-refractivity contribution in [3.63, 3.8) is 0 Å². The summed E-state index contributed by atoms with van der Waals surface area (Å²) in [4.78, 5) is 50.6. The Bertz CT molecular complexity index is 1480. The van der Waals surface area contributed by atoms with Gasteiger partial charge in [-0.2, -0.15) is 0 Å². The number of benzene rings is 1. The summed E-state index contributed by atoms with van der Waals surface area (Å²) in [6.45, 7) is 3.83. The highest BCUT2D eigenvalue weighted by atomic mass is 16.2. The number of hydrogen-bond donors (Lipinski definition) is 3. The third-order valence-electron chi connectivity index (χ3n) is 7.12. The molecule has 3 N–H and O–H groups in total. The zero-order chi connectivity index (χ0) is 28.2. The van der Waals surface area contributed by atoms with Gasteiger partial charge in [0.2, 0.25) is 0 Å². The maximum absolute atomic E-state index is 13.4. The van der Waals surface area contributed by atoms with Crippen LogP contribution in [0.1, 0.15) is 31.7 Å². The minimum atomic E-state index is -0.326. The highest BCUT2D eigenvalue weighted by molar-refractivity contribution is 6.47. The van der Waals surface area contributed by atoms with Crippen molar-refractivity contribution >= 4 is 34.9 Å². The van der Waals surface area contributed by atoms with Crippen LogP contribution in [0.5, 0.6) is 0 Å². The van der Waals surface area contributed by atoms with Crippen LogP contribution in [0.25, 0.3) is 11.1 Å². The predicted octanol–water partition coefficient (Wildman–Crippen LogP) is 3.91. The molecule has 0 spiro atoms. The van der Waals surface area contributed by atoms with Crippen molar-refractivity contribution in [3.05, 3.63) is 77.3 Å². The smallest absolute Gasteiger partial charge is 0.321 e. The third-order valence-corrected chi connectivity index (χ3v) is 7.12. The Labute approximate surface area is 233 Å². The average Bonchev–Trinajstić information content (AvgIpc) is 3.44. The van der Waals surface area contributed by atoms with Crippen LogP contribution in [0.2, 0.25) is 0 Å². The van der Waals surface area contributed by atoms with E-state index in [1.54, 1.807) is 38.6 Å². The quantitative estimate of drug-likeness (QED) is 0.532. The van der Waals surface area contributed by atoms with Gasteiger partial charge in [0.15, 0.2) is 0 Å². The van der Waals surface area contributed by atoms with Crippen LogP contribution in [0.4, 0.5) is 16.2 Å². The number of carbonyl (C=O) groups excluding carboxylic acids is 3. The topological polar surface area (TPSA) is 119 Å². The second-order valence-electron chi connectivity index (χ2n) is 10.2. The molecule has 4 amide bonds. The average molecular weight is 540 g/mol. The molecule has 40 heavy (non-hydrogen) atoms. The number of nitrogens with one attached hydrogen (secondary N) is 3. The highest BCUT2D eigenvalue weighted by Gasteiger charge is 2.24. The van der Waals surface area contributed by atoms with Gasteiger partial charge in [0, 0.05) is 61.5 Å². The minimum Gasteiger partial charge on any atom is -0.366 e. The molecule has 1 saturated heterocycles. The van der Waals surface area contributed by atoms with Crippen molar-refractivity contribution in [3.8, 4) is 11.1 Å². The normalized spacial score (nSPS) is 16.3. The summed E-state index contributed by atoms with van der Waals surface area (Å²) in [6.07, 6.45) is 11.5. The number of anilines is 2. The zero-order valence-electron chi connectivity index (χ0n) is 23.0. The van der Waals surface area contributed by atoms with Crippen molar-refractivity contribution in [2.45, 2.75) is 26.2 Å². The first kappa shape index (κ1) is 26.9. The third kappa shape index (κ3) is 5.80. The van der Waals surface area contributed by atoms with Crippen LogP contribution in [-0.2, 0) is 9.59 Å². The Kier molecular flexibility index (Phi) is 7.77. The summed E-state index contributed by atoms with van der Waals surface area (Å²) >= 11 is 0. The number of aliphatic imine (C=N–C) groups is 1. The lowest BCUT2D eigenvalue weighted by Crippen LogP contribution is -2.33. The number of carbonyl (C=O) groups is 3. The molecular weight excluding hydrogens is 506 g/mol. The molecule has 1 fully saturated rings. The Morgan fingerprint density at radius 2 is 1.80 bits per heavy atom. The minimum absolute atomic E-state index is 0.0521. The van der Waals surface area contributed by atoms with Gasteiger partial charge in [0.1, 0.15) is 12.4 Å². The van der Waals surface area contributed by atoms with E-state index in [1.807, 2.05) is 42.2 Å². The molecule has 1 aliphatic carbocycles. The van der Waals surface area contributed by atoms with E-state index in [9.17, 15) is 14.4 Å². The highest BCUT2D eigenvalue weighted by Crippen LogP contribution is 2.29. The van der Waals surface area contributed by atoms with Crippen LogP contribution >= 0.6 is 0 Å². The first-order valence-corrected chi connectivity index (χ1v) is 13.4. The van der Waals surface area contributed by atoms with Crippen LogP contribution in [0, 0.1) is 0 Å². The maximum Gasteiger partial charge on any atom is 0.321 e. The molecule has 0 bridgehead atoms. The van der Waals surface area contributed by atoms with E-state index in [0.717, 1.165) is 48.3 Å². The van der Waals surface area contributed by atoms with Crippen molar-refractivity contribution in [1.29, 1.82) is 0 Å². The van der Waals surface area contributed by atoms with E-state index in [-0.39, 0.29) is 24.5 Å². The fraction of sp³-hybridized carbons (Fsp3) is 0.300. The van der Waals surface area contributed by atoms with E-state index in [1.165, 1.54) is 4.90 Å². The molecule has 10 nitrogen and oxygen atoms in total. The number of pyridine rings is 1.